The maximum absolute atomic E-state index is 11.3. The van der Waals surface area contributed by atoms with Crippen molar-refractivity contribution < 1.29 is 24.2 Å². The predicted octanol–water partition coefficient (Wildman–Crippen LogP) is 3.46. The molecule has 0 amide bonds. The zero-order valence-electron chi connectivity index (χ0n) is 13.3. The molecule has 0 heterocycles. The number of ether oxygens (including phenoxy) is 2. The topological polar surface area (TPSA) is 72.8 Å². The fraction of sp³-hybridized carbons (Fsp3) is 0.556. The third-order valence-electron chi connectivity index (χ3n) is 4.07. The first-order chi connectivity index (χ1) is 11.2. The Morgan fingerprint density at radius 3 is 2.17 bits per heavy atom. The molecule has 2 rings (SSSR count). The Labute approximate surface area is 136 Å². The van der Waals surface area contributed by atoms with E-state index in [2.05, 4.69) is 0 Å². The van der Waals surface area contributed by atoms with Crippen LogP contribution in [0.1, 0.15) is 55.3 Å². The van der Waals surface area contributed by atoms with E-state index in [0.29, 0.717) is 25.1 Å². The fourth-order valence-electron chi connectivity index (χ4n) is 2.79. The molecule has 0 unspecified atom stereocenters. The predicted molar refractivity (Wildman–Crippen MR) is 86.0 cm³/mol. The van der Waals surface area contributed by atoms with Crippen molar-refractivity contribution in [3.63, 3.8) is 0 Å². The van der Waals surface area contributed by atoms with E-state index in [-0.39, 0.29) is 5.56 Å². The number of hydrogen-bond donors (Lipinski definition) is 1. The van der Waals surface area contributed by atoms with Gasteiger partial charge in [0.25, 0.3) is 5.78 Å². The van der Waals surface area contributed by atoms with Crippen LogP contribution in [0.3, 0.4) is 0 Å². The lowest BCUT2D eigenvalue weighted by Crippen LogP contribution is -2.18. The maximum Gasteiger partial charge on any atom is 0.377 e. The van der Waals surface area contributed by atoms with Crippen LogP contribution in [0, 0.1) is 0 Å². The molecule has 1 aliphatic rings. The first-order valence-electron chi connectivity index (χ1n) is 8.29. The summed E-state index contributed by atoms with van der Waals surface area (Å²) in [6, 6.07) is 6.13. The van der Waals surface area contributed by atoms with Crippen molar-refractivity contribution in [1.82, 2.24) is 0 Å². The fourth-order valence-corrected chi connectivity index (χ4v) is 2.79. The van der Waals surface area contributed by atoms with Gasteiger partial charge < -0.3 is 14.6 Å². The molecule has 0 radical (unpaired) electrons. The van der Waals surface area contributed by atoms with Crippen LogP contribution < -0.4 is 4.74 Å². The van der Waals surface area contributed by atoms with Crippen molar-refractivity contribution in [3.8, 4) is 5.75 Å². The van der Waals surface area contributed by atoms with Gasteiger partial charge in [0, 0.05) is 5.56 Å². The van der Waals surface area contributed by atoms with Crippen molar-refractivity contribution in [3.05, 3.63) is 29.8 Å². The number of benzene rings is 1. The van der Waals surface area contributed by atoms with Crippen molar-refractivity contribution in [2.75, 3.05) is 13.2 Å². The number of carboxylic acid groups (broad SMARTS) is 1. The Morgan fingerprint density at radius 2 is 1.57 bits per heavy atom. The Balaban J connectivity index is 1.69. The molecule has 23 heavy (non-hydrogen) atoms. The highest BCUT2D eigenvalue weighted by atomic mass is 16.5. The van der Waals surface area contributed by atoms with Gasteiger partial charge >= 0.3 is 5.97 Å². The zero-order valence-corrected chi connectivity index (χ0v) is 13.3. The summed E-state index contributed by atoms with van der Waals surface area (Å²) in [4.78, 5) is 21.9. The molecule has 1 aromatic carbocycles. The van der Waals surface area contributed by atoms with Crippen molar-refractivity contribution in [2.45, 2.75) is 51.0 Å². The van der Waals surface area contributed by atoms with E-state index >= 15 is 0 Å². The van der Waals surface area contributed by atoms with Gasteiger partial charge in [-0.2, -0.15) is 0 Å². The highest BCUT2D eigenvalue weighted by Gasteiger charge is 2.14. The van der Waals surface area contributed by atoms with Crippen LogP contribution in [0.15, 0.2) is 24.3 Å². The standard InChI is InChI=1S/C18H24O5/c19-17(18(20)21)14-8-10-16(11-9-14)23-13-12-22-15-6-4-2-1-3-5-7-15/h8-11,15H,1-7,12-13H2,(H,20,21). The monoisotopic (exact) mass is 320 g/mol. The van der Waals surface area contributed by atoms with E-state index < -0.39 is 11.8 Å². The summed E-state index contributed by atoms with van der Waals surface area (Å²) in [7, 11) is 0. The molecule has 5 heteroatoms. The molecule has 1 fully saturated rings. The summed E-state index contributed by atoms with van der Waals surface area (Å²) < 4.78 is 11.4. The Hall–Kier alpha value is -1.88. The highest BCUT2D eigenvalue weighted by molar-refractivity contribution is 6.39. The SMILES string of the molecule is O=C(O)C(=O)c1ccc(OCCOC2CCCCCCC2)cc1. The highest BCUT2D eigenvalue weighted by Crippen LogP contribution is 2.19. The maximum atomic E-state index is 11.3. The first kappa shape index (κ1) is 17.5. The number of Topliss-reactive ketones (excluding diaryl/α,β-unsaturated/α-hetero) is 1. The lowest BCUT2D eigenvalue weighted by molar-refractivity contribution is -0.131. The first-order valence-corrected chi connectivity index (χ1v) is 8.29. The Morgan fingerprint density at radius 1 is 0.957 bits per heavy atom. The van der Waals surface area contributed by atoms with Gasteiger partial charge in [0.15, 0.2) is 0 Å². The molecule has 0 atom stereocenters. The number of rotatable bonds is 7. The summed E-state index contributed by atoms with van der Waals surface area (Å²) >= 11 is 0. The van der Waals surface area contributed by atoms with Gasteiger partial charge in [-0.25, -0.2) is 4.79 Å². The third-order valence-corrected chi connectivity index (χ3v) is 4.07. The number of ketones is 1. The van der Waals surface area contributed by atoms with Crippen LogP contribution in [0.25, 0.3) is 0 Å². The van der Waals surface area contributed by atoms with Crippen LogP contribution >= 0.6 is 0 Å². The van der Waals surface area contributed by atoms with Crippen molar-refractivity contribution in [2.24, 2.45) is 0 Å². The van der Waals surface area contributed by atoms with Gasteiger partial charge in [-0.3, -0.25) is 4.79 Å². The molecular weight excluding hydrogens is 296 g/mol. The molecule has 5 nitrogen and oxygen atoms in total. The minimum Gasteiger partial charge on any atom is -0.491 e. The van der Waals surface area contributed by atoms with Gasteiger partial charge in [0.05, 0.1) is 12.7 Å². The third kappa shape index (κ3) is 6.02. The van der Waals surface area contributed by atoms with E-state index in [4.69, 9.17) is 14.6 Å². The average Bonchev–Trinajstić information content (AvgIpc) is 2.53. The van der Waals surface area contributed by atoms with Crippen LogP contribution in [0.2, 0.25) is 0 Å². The Bertz CT molecular complexity index is 501. The molecular formula is C18H24O5. The summed E-state index contributed by atoms with van der Waals surface area (Å²) in [5.41, 5.74) is 0.149. The van der Waals surface area contributed by atoms with Gasteiger partial charge in [-0.05, 0) is 37.1 Å². The van der Waals surface area contributed by atoms with E-state index in [1.54, 1.807) is 12.1 Å². The van der Waals surface area contributed by atoms with E-state index in [1.807, 2.05) is 0 Å². The minimum atomic E-state index is -1.45. The van der Waals surface area contributed by atoms with Gasteiger partial charge in [0.1, 0.15) is 12.4 Å². The zero-order chi connectivity index (χ0) is 16.5. The molecule has 0 saturated heterocycles. The van der Waals surface area contributed by atoms with Crippen molar-refractivity contribution in [1.29, 1.82) is 0 Å². The molecule has 1 N–H and O–H groups in total. The number of carbonyl (C=O) groups is 2. The molecule has 0 bridgehead atoms. The molecule has 0 spiro atoms. The summed E-state index contributed by atoms with van der Waals surface area (Å²) in [6.45, 7) is 0.989. The van der Waals surface area contributed by atoms with Crippen molar-refractivity contribution >= 4 is 11.8 Å². The molecule has 126 valence electrons. The lowest BCUT2D eigenvalue weighted by Gasteiger charge is -2.20. The van der Waals surface area contributed by atoms with E-state index in [9.17, 15) is 9.59 Å². The molecule has 1 aromatic rings. The summed E-state index contributed by atoms with van der Waals surface area (Å²) in [6.07, 6.45) is 9.04. The average molecular weight is 320 g/mol. The van der Waals surface area contributed by atoms with Crippen LogP contribution in [0.4, 0.5) is 0 Å². The van der Waals surface area contributed by atoms with E-state index in [0.717, 1.165) is 12.8 Å². The molecule has 0 aromatic heterocycles. The summed E-state index contributed by atoms with van der Waals surface area (Å²) in [5, 5.41) is 8.64. The van der Waals surface area contributed by atoms with Crippen LogP contribution in [-0.4, -0.2) is 36.2 Å². The quantitative estimate of drug-likeness (QED) is 0.473. The number of carboxylic acids is 1. The largest absolute Gasteiger partial charge is 0.491 e. The smallest absolute Gasteiger partial charge is 0.377 e. The molecule has 1 aliphatic carbocycles. The Kier molecular flexibility index (Phi) is 7.07. The second kappa shape index (κ2) is 9.30. The normalized spacial score (nSPS) is 16.3. The number of hydrogen-bond acceptors (Lipinski definition) is 4. The van der Waals surface area contributed by atoms with Crippen LogP contribution in [0.5, 0.6) is 5.75 Å². The van der Waals surface area contributed by atoms with E-state index in [1.165, 1.54) is 44.2 Å². The number of aliphatic carboxylic acids is 1. The molecule has 1 saturated carbocycles. The van der Waals surface area contributed by atoms with Gasteiger partial charge in [-0.1, -0.05) is 32.1 Å². The molecule has 0 aliphatic heterocycles. The van der Waals surface area contributed by atoms with Gasteiger partial charge in [-0.15, -0.1) is 0 Å². The number of carbonyl (C=O) groups excluding carboxylic acids is 1. The lowest BCUT2D eigenvalue weighted by atomic mass is 9.99. The van der Waals surface area contributed by atoms with Gasteiger partial charge in [0.2, 0.25) is 0 Å². The summed E-state index contributed by atoms with van der Waals surface area (Å²) in [5.74, 6) is -1.76. The second-order valence-corrected chi connectivity index (χ2v) is 5.85. The second-order valence-electron chi connectivity index (χ2n) is 5.85. The van der Waals surface area contributed by atoms with Crippen LogP contribution in [-0.2, 0) is 9.53 Å². The minimum absolute atomic E-state index is 0.149.